The summed E-state index contributed by atoms with van der Waals surface area (Å²) in [6.45, 7) is 11.2. The maximum Gasteiger partial charge on any atom is 0.243 e. The monoisotopic (exact) mass is 309 g/mol. The first-order chi connectivity index (χ1) is 10.4. The highest BCUT2D eigenvalue weighted by Crippen LogP contribution is 2.12. The van der Waals surface area contributed by atoms with Crippen molar-refractivity contribution in [1.82, 2.24) is 20.4 Å². The molecule has 0 atom stereocenters. The molecular formula is C16H31N5O. The number of aliphatic imine (C=N–C) groups is 1. The average Bonchev–Trinajstić information content (AvgIpc) is 2.49. The average molecular weight is 309 g/mol. The molecule has 6 nitrogen and oxygen atoms in total. The Kier molecular flexibility index (Phi) is 7.95. The molecule has 0 bridgehead atoms. The van der Waals surface area contributed by atoms with Gasteiger partial charge in [-0.1, -0.05) is 6.08 Å². The number of carbonyl (C=O) groups excluding carboxylic acids is 1. The highest BCUT2D eigenvalue weighted by molar-refractivity contribution is 5.85. The summed E-state index contributed by atoms with van der Waals surface area (Å²) in [6, 6.07) is 1.01. The minimum atomic E-state index is -0.00525. The molecule has 6 heteroatoms. The van der Waals surface area contributed by atoms with Gasteiger partial charge in [0.2, 0.25) is 5.91 Å². The number of amides is 1. The number of guanidine groups is 1. The van der Waals surface area contributed by atoms with Gasteiger partial charge in [0.15, 0.2) is 5.96 Å². The Morgan fingerprint density at radius 3 is 2.55 bits per heavy atom. The van der Waals surface area contributed by atoms with E-state index in [0.717, 1.165) is 25.9 Å². The quantitative estimate of drug-likeness (QED) is 0.430. The summed E-state index contributed by atoms with van der Waals surface area (Å²) in [6.07, 6.45) is 3.97. The molecular weight excluding hydrogens is 278 g/mol. The zero-order valence-electron chi connectivity index (χ0n) is 14.4. The van der Waals surface area contributed by atoms with Gasteiger partial charge in [0.05, 0.1) is 0 Å². The van der Waals surface area contributed by atoms with E-state index in [-0.39, 0.29) is 12.5 Å². The summed E-state index contributed by atoms with van der Waals surface area (Å²) in [5.41, 5.74) is 0. The first-order valence-corrected chi connectivity index (χ1v) is 8.04. The van der Waals surface area contributed by atoms with Gasteiger partial charge in [-0.3, -0.25) is 4.79 Å². The predicted octanol–water partition coefficient (Wildman–Crippen LogP) is 0.669. The fourth-order valence-corrected chi connectivity index (χ4v) is 2.36. The van der Waals surface area contributed by atoms with Crippen molar-refractivity contribution < 1.29 is 4.79 Å². The Morgan fingerprint density at radius 2 is 2.05 bits per heavy atom. The van der Waals surface area contributed by atoms with Gasteiger partial charge in [-0.2, -0.15) is 0 Å². The smallest absolute Gasteiger partial charge is 0.243 e. The molecule has 0 aromatic carbocycles. The van der Waals surface area contributed by atoms with Crippen molar-refractivity contribution in [3.8, 4) is 0 Å². The molecule has 1 heterocycles. The fourth-order valence-electron chi connectivity index (χ4n) is 2.36. The number of nitrogens with one attached hydrogen (secondary N) is 2. The first kappa shape index (κ1) is 18.5. The highest BCUT2D eigenvalue weighted by Gasteiger charge is 2.21. The lowest BCUT2D eigenvalue weighted by atomic mass is 10.0. The van der Waals surface area contributed by atoms with Gasteiger partial charge in [0.25, 0.3) is 0 Å². The van der Waals surface area contributed by atoms with Crippen LogP contribution in [-0.4, -0.2) is 74.0 Å². The number of rotatable bonds is 6. The van der Waals surface area contributed by atoms with Gasteiger partial charge in [-0.15, -0.1) is 6.58 Å². The molecule has 1 saturated heterocycles. The number of nitrogens with zero attached hydrogens (tertiary/aromatic N) is 3. The predicted molar refractivity (Wildman–Crippen MR) is 92.1 cm³/mol. The third-order valence-corrected chi connectivity index (χ3v) is 3.89. The molecule has 1 aliphatic heterocycles. The van der Waals surface area contributed by atoms with Gasteiger partial charge in [-0.25, -0.2) is 4.99 Å². The van der Waals surface area contributed by atoms with E-state index in [4.69, 9.17) is 0 Å². The Balaban J connectivity index is 2.52. The summed E-state index contributed by atoms with van der Waals surface area (Å²) < 4.78 is 0. The van der Waals surface area contributed by atoms with E-state index in [1.54, 1.807) is 25.1 Å². The van der Waals surface area contributed by atoms with Crippen molar-refractivity contribution in [2.45, 2.75) is 38.8 Å². The maximum absolute atomic E-state index is 11.7. The number of likely N-dealkylation sites (tertiary alicyclic amines) is 1. The number of carbonyl (C=O) groups is 1. The van der Waals surface area contributed by atoms with Crippen molar-refractivity contribution in [3.63, 3.8) is 0 Å². The van der Waals surface area contributed by atoms with Crippen LogP contribution in [0.4, 0.5) is 0 Å². The topological polar surface area (TPSA) is 60.0 Å². The standard InChI is InChI=1S/C16H31N5O/c1-6-9-17-16(18-12-15(22)20(4)5)19-14-7-10-21(11-8-14)13(2)3/h6,13-14H,1,7-12H2,2-5H3,(H2,17,18,19). The molecule has 1 aliphatic rings. The van der Waals surface area contributed by atoms with Crippen LogP contribution in [0.1, 0.15) is 26.7 Å². The van der Waals surface area contributed by atoms with E-state index in [0.29, 0.717) is 24.6 Å². The van der Waals surface area contributed by atoms with Gasteiger partial charge in [0.1, 0.15) is 6.54 Å². The normalized spacial score (nSPS) is 17.4. The zero-order valence-corrected chi connectivity index (χ0v) is 14.4. The Bertz CT molecular complexity index is 384. The van der Waals surface area contributed by atoms with E-state index in [1.807, 2.05) is 0 Å². The van der Waals surface area contributed by atoms with Gasteiger partial charge < -0.3 is 20.4 Å². The van der Waals surface area contributed by atoms with Crippen LogP contribution in [0, 0.1) is 0 Å². The Labute approximate surface area is 134 Å². The number of piperidine rings is 1. The summed E-state index contributed by atoms with van der Waals surface area (Å²) >= 11 is 0. The number of hydrogen-bond donors (Lipinski definition) is 2. The van der Waals surface area contributed by atoms with Crippen LogP contribution in [0.5, 0.6) is 0 Å². The Morgan fingerprint density at radius 1 is 1.41 bits per heavy atom. The molecule has 126 valence electrons. The van der Waals surface area contributed by atoms with Crippen LogP contribution in [0.2, 0.25) is 0 Å². The zero-order chi connectivity index (χ0) is 16.5. The highest BCUT2D eigenvalue weighted by atomic mass is 16.2. The van der Waals surface area contributed by atoms with Crippen molar-refractivity contribution in [1.29, 1.82) is 0 Å². The maximum atomic E-state index is 11.7. The molecule has 1 amide bonds. The Hall–Kier alpha value is -1.56. The fraction of sp³-hybridized carbons (Fsp3) is 0.750. The van der Waals surface area contributed by atoms with Crippen molar-refractivity contribution in [2.75, 3.05) is 40.3 Å². The molecule has 0 aromatic rings. The second-order valence-electron chi connectivity index (χ2n) is 6.17. The molecule has 0 aliphatic carbocycles. The van der Waals surface area contributed by atoms with E-state index in [1.165, 1.54) is 0 Å². The summed E-state index contributed by atoms with van der Waals surface area (Å²) in [4.78, 5) is 20.1. The lowest BCUT2D eigenvalue weighted by Gasteiger charge is -2.35. The van der Waals surface area contributed by atoms with E-state index < -0.39 is 0 Å². The van der Waals surface area contributed by atoms with Gasteiger partial charge >= 0.3 is 0 Å². The second-order valence-corrected chi connectivity index (χ2v) is 6.17. The van der Waals surface area contributed by atoms with Crippen molar-refractivity contribution in [3.05, 3.63) is 12.7 Å². The number of likely N-dealkylation sites (N-methyl/N-ethyl adjacent to an activating group) is 1. The molecule has 0 radical (unpaired) electrons. The molecule has 0 unspecified atom stereocenters. The van der Waals surface area contributed by atoms with Crippen LogP contribution in [0.15, 0.2) is 17.6 Å². The summed E-state index contributed by atoms with van der Waals surface area (Å²) in [5.74, 6) is 0.687. The molecule has 1 fully saturated rings. The van der Waals surface area contributed by atoms with Crippen LogP contribution in [-0.2, 0) is 4.79 Å². The van der Waals surface area contributed by atoms with E-state index >= 15 is 0 Å². The summed E-state index contributed by atoms with van der Waals surface area (Å²) in [5, 5.41) is 6.62. The summed E-state index contributed by atoms with van der Waals surface area (Å²) in [7, 11) is 3.48. The molecule has 0 saturated carbocycles. The van der Waals surface area contributed by atoms with E-state index in [2.05, 4.69) is 41.0 Å². The molecule has 22 heavy (non-hydrogen) atoms. The van der Waals surface area contributed by atoms with E-state index in [9.17, 15) is 4.79 Å². The SMILES string of the molecule is C=CCNC(=NCC(=O)N(C)C)NC1CCN(C(C)C)CC1. The molecule has 2 N–H and O–H groups in total. The molecule has 0 spiro atoms. The van der Waals surface area contributed by atoms with Gasteiger partial charge in [0, 0.05) is 45.8 Å². The van der Waals surface area contributed by atoms with Crippen molar-refractivity contribution in [2.24, 2.45) is 4.99 Å². The minimum absolute atomic E-state index is 0.00525. The molecule has 0 aromatic heterocycles. The second kappa shape index (κ2) is 9.46. The molecule has 1 rings (SSSR count). The van der Waals surface area contributed by atoms with Crippen LogP contribution in [0.3, 0.4) is 0 Å². The number of hydrogen-bond acceptors (Lipinski definition) is 3. The van der Waals surface area contributed by atoms with Crippen molar-refractivity contribution >= 4 is 11.9 Å². The van der Waals surface area contributed by atoms with Crippen LogP contribution in [0.25, 0.3) is 0 Å². The third kappa shape index (κ3) is 6.47. The minimum Gasteiger partial charge on any atom is -0.354 e. The lowest BCUT2D eigenvalue weighted by Crippen LogP contribution is -2.50. The van der Waals surface area contributed by atoms with Crippen LogP contribution >= 0.6 is 0 Å². The first-order valence-electron chi connectivity index (χ1n) is 8.04. The largest absolute Gasteiger partial charge is 0.354 e. The van der Waals surface area contributed by atoms with Crippen LogP contribution < -0.4 is 10.6 Å². The van der Waals surface area contributed by atoms with Gasteiger partial charge in [-0.05, 0) is 26.7 Å². The third-order valence-electron chi connectivity index (χ3n) is 3.89. The lowest BCUT2D eigenvalue weighted by molar-refractivity contribution is -0.127.